The lowest BCUT2D eigenvalue weighted by Gasteiger charge is -2.14. The average Bonchev–Trinajstić information content (AvgIpc) is 2.34. The lowest BCUT2D eigenvalue weighted by atomic mass is 10.0. The molecule has 0 aliphatic rings. The van der Waals surface area contributed by atoms with Gasteiger partial charge in [0.1, 0.15) is 0 Å². The Hall–Kier alpha value is -0.290. The third kappa shape index (κ3) is 4.76. The molecule has 0 aromatic heterocycles. The van der Waals surface area contributed by atoms with E-state index in [-0.39, 0.29) is 10.8 Å². The molecule has 0 radical (unpaired) electrons. The van der Waals surface area contributed by atoms with Gasteiger partial charge < -0.3 is 0 Å². The van der Waals surface area contributed by atoms with Crippen LogP contribution < -0.4 is 4.72 Å². The summed E-state index contributed by atoms with van der Waals surface area (Å²) in [5.74, 6) is 0.800. The van der Waals surface area contributed by atoms with Crippen LogP contribution in [0.15, 0.2) is 29.2 Å². The van der Waals surface area contributed by atoms with E-state index in [9.17, 15) is 8.42 Å². The topological polar surface area (TPSA) is 46.2 Å². The lowest BCUT2D eigenvalue weighted by molar-refractivity contribution is 0.481. The zero-order valence-electron chi connectivity index (χ0n) is 10.2. The molecule has 1 N–H and O–H groups in total. The molecular formula is C12H17Cl2NO2S. The Morgan fingerprint density at radius 2 is 2.11 bits per heavy atom. The summed E-state index contributed by atoms with van der Waals surface area (Å²) in [6.45, 7) is 2.42. The van der Waals surface area contributed by atoms with Gasteiger partial charge in [0.05, 0.1) is 4.90 Å². The molecule has 1 aromatic carbocycles. The van der Waals surface area contributed by atoms with Crippen LogP contribution >= 0.6 is 23.2 Å². The maximum atomic E-state index is 12.0. The summed E-state index contributed by atoms with van der Waals surface area (Å²) in [5, 5.41) is 0.408. The number of alkyl halides is 1. The molecule has 0 aliphatic carbocycles. The quantitative estimate of drug-likeness (QED) is 0.786. The van der Waals surface area contributed by atoms with E-state index in [4.69, 9.17) is 23.2 Å². The molecule has 0 bridgehead atoms. The van der Waals surface area contributed by atoms with Crippen LogP contribution in [0.3, 0.4) is 0 Å². The smallest absolute Gasteiger partial charge is 0.211 e. The zero-order valence-corrected chi connectivity index (χ0v) is 12.5. The van der Waals surface area contributed by atoms with Crippen LogP contribution in [0.1, 0.15) is 19.8 Å². The first kappa shape index (κ1) is 15.8. The predicted octanol–water partition coefficient (Wildman–Crippen LogP) is 3.27. The van der Waals surface area contributed by atoms with Crippen molar-refractivity contribution in [3.05, 3.63) is 29.3 Å². The third-order valence-corrected chi connectivity index (χ3v) is 4.64. The molecule has 102 valence electrons. The number of rotatable bonds is 7. The fourth-order valence-corrected chi connectivity index (χ4v) is 3.28. The summed E-state index contributed by atoms with van der Waals surface area (Å²) in [5.41, 5.74) is 0. The molecule has 0 saturated heterocycles. The van der Waals surface area contributed by atoms with Crippen molar-refractivity contribution in [1.29, 1.82) is 0 Å². The number of hydrogen-bond donors (Lipinski definition) is 1. The molecule has 0 saturated carbocycles. The van der Waals surface area contributed by atoms with Gasteiger partial charge in [-0.05, 0) is 30.5 Å². The molecule has 0 aliphatic heterocycles. The summed E-state index contributed by atoms with van der Waals surface area (Å²) in [6, 6.07) is 6.22. The summed E-state index contributed by atoms with van der Waals surface area (Å²) >= 11 is 11.4. The van der Waals surface area contributed by atoms with Gasteiger partial charge in [-0.2, -0.15) is 0 Å². The molecule has 6 heteroatoms. The minimum atomic E-state index is -3.48. The Morgan fingerprint density at radius 1 is 1.39 bits per heavy atom. The highest BCUT2D eigenvalue weighted by Crippen LogP contribution is 2.16. The van der Waals surface area contributed by atoms with E-state index < -0.39 is 10.0 Å². The van der Waals surface area contributed by atoms with Crippen molar-refractivity contribution in [2.24, 2.45) is 5.92 Å². The van der Waals surface area contributed by atoms with Crippen LogP contribution in [0.5, 0.6) is 0 Å². The Kier molecular flexibility index (Phi) is 6.43. The molecule has 0 amide bonds. The van der Waals surface area contributed by atoms with E-state index in [1.54, 1.807) is 12.1 Å². The van der Waals surface area contributed by atoms with Crippen LogP contribution in [0.4, 0.5) is 0 Å². The van der Waals surface area contributed by atoms with Crippen LogP contribution in [0.2, 0.25) is 5.02 Å². The number of halogens is 2. The van der Waals surface area contributed by atoms with E-state index in [1.807, 2.05) is 6.92 Å². The first-order valence-corrected chi connectivity index (χ1v) is 8.20. The van der Waals surface area contributed by atoms with Crippen molar-refractivity contribution in [3.63, 3.8) is 0 Å². The van der Waals surface area contributed by atoms with E-state index in [0.29, 0.717) is 17.4 Å². The van der Waals surface area contributed by atoms with Crippen molar-refractivity contribution in [2.45, 2.75) is 24.7 Å². The minimum absolute atomic E-state index is 0.190. The van der Waals surface area contributed by atoms with Gasteiger partial charge in [0, 0.05) is 17.4 Å². The molecule has 18 heavy (non-hydrogen) atoms. The van der Waals surface area contributed by atoms with E-state index in [1.165, 1.54) is 12.1 Å². The summed E-state index contributed by atoms with van der Waals surface area (Å²) in [7, 11) is -3.48. The second-order valence-electron chi connectivity index (χ2n) is 4.06. The van der Waals surface area contributed by atoms with Gasteiger partial charge >= 0.3 is 0 Å². The second kappa shape index (κ2) is 7.34. The Labute approximate surface area is 119 Å². The average molecular weight is 310 g/mol. The highest BCUT2D eigenvalue weighted by Gasteiger charge is 2.16. The zero-order chi connectivity index (χ0) is 13.6. The largest absolute Gasteiger partial charge is 0.240 e. The second-order valence-corrected chi connectivity index (χ2v) is 6.64. The minimum Gasteiger partial charge on any atom is -0.211 e. The first-order chi connectivity index (χ1) is 8.49. The molecule has 1 rings (SSSR count). The van der Waals surface area contributed by atoms with E-state index in [2.05, 4.69) is 4.72 Å². The summed E-state index contributed by atoms with van der Waals surface area (Å²) in [6.07, 6.45) is 1.70. The summed E-state index contributed by atoms with van der Waals surface area (Å²) in [4.78, 5) is 0.190. The van der Waals surface area contributed by atoms with Gasteiger partial charge in [0.2, 0.25) is 10.0 Å². The standard InChI is InChI=1S/C12H17Cl2NO2S/c1-2-10(6-7-13)9-15-18(16,17)12-5-3-4-11(14)8-12/h3-5,8,10,15H,2,6-7,9H2,1H3. The third-order valence-electron chi connectivity index (χ3n) is 2.76. The fraction of sp³-hybridized carbons (Fsp3) is 0.500. The highest BCUT2D eigenvalue weighted by molar-refractivity contribution is 7.89. The van der Waals surface area contributed by atoms with Gasteiger partial charge in [-0.25, -0.2) is 13.1 Å². The number of sulfonamides is 1. The van der Waals surface area contributed by atoms with Crippen LogP contribution in [-0.2, 0) is 10.0 Å². The van der Waals surface area contributed by atoms with Crippen molar-refractivity contribution in [1.82, 2.24) is 4.72 Å². The molecule has 1 atom stereocenters. The van der Waals surface area contributed by atoms with Crippen molar-refractivity contribution < 1.29 is 8.42 Å². The molecule has 0 heterocycles. The van der Waals surface area contributed by atoms with Crippen molar-refractivity contribution in [2.75, 3.05) is 12.4 Å². The number of hydrogen-bond acceptors (Lipinski definition) is 2. The Bertz CT molecular complexity index is 477. The molecule has 0 spiro atoms. The van der Waals surface area contributed by atoms with Crippen molar-refractivity contribution in [3.8, 4) is 0 Å². The molecule has 1 aromatic rings. The van der Waals surface area contributed by atoms with Gasteiger partial charge in [-0.3, -0.25) is 0 Å². The maximum Gasteiger partial charge on any atom is 0.240 e. The number of nitrogens with one attached hydrogen (secondary N) is 1. The Morgan fingerprint density at radius 3 is 2.67 bits per heavy atom. The molecule has 3 nitrogen and oxygen atoms in total. The van der Waals surface area contributed by atoms with Crippen LogP contribution in [0, 0.1) is 5.92 Å². The van der Waals surface area contributed by atoms with Crippen LogP contribution in [-0.4, -0.2) is 20.8 Å². The highest BCUT2D eigenvalue weighted by atomic mass is 35.5. The van der Waals surface area contributed by atoms with Gasteiger partial charge in [-0.1, -0.05) is 31.0 Å². The molecular weight excluding hydrogens is 293 g/mol. The monoisotopic (exact) mass is 309 g/mol. The molecule has 1 unspecified atom stereocenters. The predicted molar refractivity (Wildman–Crippen MR) is 75.8 cm³/mol. The van der Waals surface area contributed by atoms with E-state index >= 15 is 0 Å². The van der Waals surface area contributed by atoms with Gasteiger partial charge in [-0.15, -0.1) is 11.6 Å². The molecule has 0 fully saturated rings. The van der Waals surface area contributed by atoms with Gasteiger partial charge in [0.25, 0.3) is 0 Å². The first-order valence-electron chi connectivity index (χ1n) is 5.80. The van der Waals surface area contributed by atoms with E-state index in [0.717, 1.165) is 12.8 Å². The SMILES string of the molecule is CCC(CCCl)CNS(=O)(=O)c1cccc(Cl)c1. The summed E-state index contributed by atoms with van der Waals surface area (Å²) < 4.78 is 26.6. The van der Waals surface area contributed by atoms with Gasteiger partial charge in [0.15, 0.2) is 0 Å². The fourth-order valence-electron chi connectivity index (χ4n) is 1.55. The van der Waals surface area contributed by atoms with Crippen LogP contribution in [0.25, 0.3) is 0 Å². The normalized spacial score (nSPS) is 13.5. The lowest BCUT2D eigenvalue weighted by Crippen LogP contribution is -2.29. The van der Waals surface area contributed by atoms with Crippen molar-refractivity contribution >= 4 is 33.2 Å². The maximum absolute atomic E-state index is 12.0. The Balaban J connectivity index is 2.70. The number of benzene rings is 1.